The predicted octanol–water partition coefficient (Wildman–Crippen LogP) is 5.69. The summed E-state index contributed by atoms with van der Waals surface area (Å²) in [7, 11) is 0. The lowest BCUT2D eigenvalue weighted by molar-refractivity contribution is -0.140. The summed E-state index contributed by atoms with van der Waals surface area (Å²) < 4.78 is 13.3. The minimum Gasteiger partial charge on any atom is -0.354 e. The standard InChI is InChI=1S/C24H30ClFN2O2S/c1-3-4-15-27-24(30)18(2)28(17-19-7-11-21(26)12-8-19)23(29)6-5-16-31-22-13-9-20(25)10-14-22/h7-14,18H,3-6,15-17H2,1-2H3,(H,27,30). The molecule has 0 saturated heterocycles. The van der Waals surface area contributed by atoms with E-state index in [0.29, 0.717) is 24.4 Å². The molecule has 31 heavy (non-hydrogen) atoms. The van der Waals surface area contributed by atoms with Gasteiger partial charge in [0.2, 0.25) is 11.8 Å². The van der Waals surface area contributed by atoms with E-state index in [4.69, 9.17) is 11.6 Å². The Morgan fingerprint density at radius 1 is 1.10 bits per heavy atom. The number of unbranched alkanes of at least 4 members (excludes halogenated alkanes) is 1. The van der Waals surface area contributed by atoms with Crippen LogP contribution in [0, 0.1) is 5.82 Å². The normalized spacial score (nSPS) is 11.7. The number of carbonyl (C=O) groups excluding carboxylic acids is 2. The molecule has 0 heterocycles. The number of halogens is 2. The van der Waals surface area contributed by atoms with Crippen molar-refractivity contribution in [3.63, 3.8) is 0 Å². The van der Waals surface area contributed by atoms with Gasteiger partial charge in [-0.15, -0.1) is 11.8 Å². The molecular formula is C24H30ClFN2O2S. The van der Waals surface area contributed by atoms with Crippen molar-refractivity contribution in [3.05, 3.63) is 64.9 Å². The lowest BCUT2D eigenvalue weighted by Crippen LogP contribution is -2.47. The molecular weight excluding hydrogens is 435 g/mol. The van der Waals surface area contributed by atoms with Crippen LogP contribution in [0.15, 0.2) is 53.4 Å². The largest absolute Gasteiger partial charge is 0.354 e. The molecule has 0 aliphatic heterocycles. The van der Waals surface area contributed by atoms with E-state index < -0.39 is 6.04 Å². The highest BCUT2D eigenvalue weighted by Gasteiger charge is 2.25. The molecule has 0 radical (unpaired) electrons. The van der Waals surface area contributed by atoms with Gasteiger partial charge in [0, 0.05) is 29.4 Å². The van der Waals surface area contributed by atoms with Crippen LogP contribution in [0.2, 0.25) is 5.02 Å². The lowest BCUT2D eigenvalue weighted by Gasteiger charge is -2.29. The highest BCUT2D eigenvalue weighted by molar-refractivity contribution is 7.99. The third-order valence-corrected chi connectivity index (χ3v) is 6.23. The average molecular weight is 465 g/mol. The maximum absolute atomic E-state index is 13.3. The van der Waals surface area contributed by atoms with E-state index in [-0.39, 0.29) is 24.2 Å². The van der Waals surface area contributed by atoms with E-state index in [2.05, 4.69) is 12.2 Å². The molecule has 168 valence electrons. The zero-order valence-corrected chi connectivity index (χ0v) is 19.6. The van der Waals surface area contributed by atoms with Gasteiger partial charge in [0.1, 0.15) is 11.9 Å². The Bertz CT molecular complexity index is 830. The Hall–Kier alpha value is -2.05. The molecule has 2 rings (SSSR count). The molecule has 0 aliphatic carbocycles. The zero-order valence-electron chi connectivity index (χ0n) is 18.1. The van der Waals surface area contributed by atoms with Crippen LogP contribution in [0.1, 0.15) is 45.1 Å². The maximum atomic E-state index is 13.3. The van der Waals surface area contributed by atoms with Crippen molar-refractivity contribution in [1.82, 2.24) is 10.2 Å². The molecule has 1 unspecified atom stereocenters. The number of rotatable bonds is 12. The molecule has 1 atom stereocenters. The molecule has 0 fully saturated rings. The molecule has 4 nitrogen and oxygen atoms in total. The Balaban J connectivity index is 1.96. The summed E-state index contributed by atoms with van der Waals surface area (Å²) in [5.74, 6) is 0.208. The van der Waals surface area contributed by atoms with Crippen LogP contribution >= 0.6 is 23.4 Å². The molecule has 0 saturated carbocycles. The summed E-state index contributed by atoms with van der Waals surface area (Å²) in [6.07, 6.45) is 2.91. The molecule has 0 aliphatic rings. The summed E-state index contributed by atoms with van der Waals surface area (Å²) in [5, 5.41) is 3.60. The molecule has 1 N–H and O–H groups in total. The zero-order chi connectivity index (χ0) is 22.6. The molecule has 2 aromatic rings. The first-order chi connectivity index (χ1) is 14.9. The fourth-order valence-corrected chi connectivity index (χ4v) is 3.97. The molecule has 2 amide bonds. The van der Waals surface area contributed by atoms with Crippen molar-refractivity contribution in [3.8, 4) is 0 Å². The summed E-state index contributed by atoms with van der Waals surface area (Å²) in [4.78, 5) is 28.2. The van der Waals surface area contributed by atoms with Crippen LogP contribution in [0.4, 0.5) is 4.39 Å². The Kier molecular flexibility index (Phi) is 10.9. The predicted molar refractivity (Wildman–Crippen MR) is 126 cm³/mol. The second-order valence-corrected chi connectivity index (χ2v) is 8.98. The van der Waals surface area contributed by atoms with Crippen molar-refractivity contribution in [2.45, 2.75) is 57.0 Å². The van der Waals surface area contributed by atoms with E-state index in [1.165, 1.54) is 12.1 Å². The van der Waals surface area contributed by atoms with Gasteiger partial charge in [-0.05, 0) is 67.5 Å². The topological polar surface area (TPSA) is 49.4 Å². The fraction of sp³-hybridized carbons (Fsp3) is 0.417. The smallest absolute Gasteiger partial charge is 0.242 e. The highest BCUT2D eigenvalue weighted by atomic mass is 35.5. The number of hydrogen-bond donors (Lipinski definition) is 1. The van der Waals surface area contributed by atoms with Crippen LogP contribution in [0.25, 0.3) is 0 Å². The summed E-state index contributed by atoms with van der Waals surface area (Å²) >= 11 is 7.57. The first kappa shape index (κ1) is 25.2. The Morgan fingerprint density at radius 2 is 1.77 bits per heavy atom. The minimum atomic E-state index is -0.599. The van der Waals surface area contributed by atoms with Crippen molar-refractivity contribution in [1.29, 1.82) is 0 Å². The summed E-state index contributed by atoms with van der Waals surface area (Å²) in [6, 6.07) is 13.0. The number of thioether (sulfide) groups is 1. The van der Waals surface area contributed by atoms with Crippen LogP contribution in [-0.4, -0.2) is 35.1 Å². The van der Waals surface area contributed by atoms with Crippen LogP contribution < -0.4 is 5.32 Å². The van der Waals surface area contributed by atoms with Gasteiger partial charge in [-0.2, -0.15) is 0 Å². The van der Waals surface area contributed by atoms with Crippen molar-refractivity contribution >= 4 is 35.2 Å². The van der Waals surface area contributed by atoms with E-state index in [1.54, 1.807) is 35.7 Å². The maximum Gasteiger partial charge on any atom is 0.242 e. The van der Waals surface area contributed by atoms with Gasteiger partial charge in [-0.3, -0.25) is 9.59 Å². The third-order valence-electron chi connectivity index (χ3n) is 4.88. The first-order valence-corrected chi connectivity index (χ1v) is 12.0. The fourth-order valence-electron chi connectivity index (χ4n) is 2.99. The van der Waals surface area contributed by atoms with Gasteiger partial charge in [0.05, 0.1) is 0 Å². The number of nitrogens with zero attached hydrogens (tertiary/aromatic N) is 1. The second-order valence-electron chi connectivity index (χ2n) is 7.37. The van der Waals surface area contributed by atoms with Crippen molar-refractivity contribution in [2.24, 2.45) is 0 Å². The lowest BCUT2D eigenvalue weighted by atomic mass is 10.1. The second kappa shape index (κ2) is 13.4. The van der Waals surface area contributed by atoms with Crippen molar-refractivity contribution < 1.29 is 14.0 Å². The Morgan fingerprint density at radius 3 is 2.42 bits per heavy atom. The monoisotopic (exact) mass is 464 g/mol. The van der Waals surface area contributed by atoms with Gasteiger partial charge >= 0.3 is 0 Å². The summed E-state index contributed by atoms with van der Waals surface area (Å²) in [5.41, 5.74) is 0.790. The molecule has 2 aromatic carbocycles. The number of hydrogen-bond acceptors (Lipinski definition) is 3. The molecule has 0 spiro atoms. The number of benzene rings is 2. The van der Waals surface area contributed by atoms with Gasteiger partial charge in [-0.1, -0.05) is 37.1 Å². The first-order valence-electron chi connectivity index (χ1n) is 10.6. The van der Waals surface area contributed by atoms with Crippen LogP contribution in [0.3, 0.4) is 0 Å². The SMILES string of the molecule is CCCCNC(=O)C(C)N(Cc1ccc(F)cc1)C(=O)CCCSc1ccc(Cl)cc1. The molecule has 7 heteroatoms. The van der Waals surface area contributed by atoms with E-state index in [1.807, 2.05) is 24.3 Å². The van der Waals surface area contributed by atoms with Gasteiger partial charge in [0.15, 0.2) is 0 Å². The average Bonchev–Trinajstić information content (AvgIpc) is 2.77. The van der Waals surface area contributed by atoms with Crippen molar-refractivity contribution in [2.75, 3.05) is 12.3 Å². The Labute approximate surface area is 193 Å². The van der Waals surface area contributed by atoms with Crippen LogP contribution in [0.5, 0.6) is 0 Å². The van der Waals surface area contributed by atoms with E-state index >= 15 is 0 Å². The number of amides is 2. The molecule has 0 bridgehead atoms. The third kappa shape index (κ3) is 8.91. The van der Waals surface area contributed by atoms with Gasteiger partial charge in [-0.25, -0.2) is 4.39 Å². The molecule has 0 aromatic heterocycles. The van der Waals surface area contributed by atoms with Gasteiger partial charge in [0.25, 0.3) is 0 Å². The number of carbonyl (C=O) groups is 2. The summed E-state index contributed by atoms with van der Waals surface area (Å²) in [6.45, 7) is 4.66. The van der Waals surface area contributed by atoms with E-state index in [9.17, 15) is 14.0 Å². The van der Waals surface area contributed by atoms with E-state index in [0.717, 1.165) is 29.1 Å². The minimum absolute atomic E-state index is 0.0841. The highest BCUT2D eigenvalue weighted by Crippen LogP contribution is 2.22. The number of nitrogens with one attached hydrogen (secondary N) is 1. The van der Waals surface area contributed by atoms with Gasteiger partial charge < -0.3 is 10.2 Å². The van der Waals surface area contributed by atoms with Crippen LogP contribution in [-0.2, 0) is 16.1 Å². The quantitative estimate of drug-likeness (QED) is 0.324.